The summed E-state index contributed by atoms with van der Waals surface area (Å²) in [5.74, 6) is 0. The van der Waals surface area contributed by atoms with Gasteiger partial charge in [-0.3, -0.25) is 4.99 Å². The van der Waals surface area contributed by atoms with E-state index in [4.69, 9.17) is 12.2 Å². The van der Waals surface area contributed by atoms with E-state index >= 15 is 0 Å². The third-order valence-corrected chi connectivity index (χ3v) is 3.09. The highest BCUT2D eigenvalue weighted by atomic mass is 32.2. The van der Waals surface area contributed by atoms with Crippen molar-refractivity contribution in [3.8, 4) is 0 Å². The first-order valence-electron chi connectivity index (χ1n) is 3.01. The van der Waals surface area contributed by atoms with Crippen molar-refractivity contribution in [2.24, 2.45) is 4.99 Å². The maximum absolute atomic E-state index is 5.11. The molecule has 0 spiro atoms. The van der Waals surface area contributed by atoms with Crippen LogP contribution < -0.4 is 0 Å². The first-order valence-corrected chi connectivity index (χ1v) is 4.23. The van der Waals surface area contributed by atoms with E-state index in [1.54, 1.807) is 17.8 Å². The molecule has 10 heavy (non-hydrogen) atoms. The Bertz CT molecular complexity index is 220. The summed E-state index contributed by atoms with van der Waals surface area (Å²) in [6.45, 7) is 7.63. The van der Waals surface area contributed by atoms with Crippen LogP contribution in [-0.4, -0.2) is 14.8 Å². The lowest BCUT2D eigenvalue weighted by molar-refractivity contribution is 0.817. The molecule has 54 valence electrons. The monoisotopic (exact) mass is 171 g/mol. The topological polar surface area (TPSA) is 12.4 Å². The largest absolute Gasteiger partial charge is 0.266 e. The van der Waals surface area contributed by atoms with E-state index in [9.17, 15) is 0 Å². The smallest absolute Gasteiger partial charge is 0.118 e. The Hall–Kier alpha value is -0.150. The van der Waals surface area contributed by atoms with Gasteiger partial charge in [-0.2, -0.15) is 0 Å². The van der Waals surface area contributed by atoms with E-state index in [0.717, 1.165) is 9.24 Å². The molecule has 1 rings (SSSR count). The molecule has 0 aliphatic carbocycles. The summed E-state index contributed by atoms with van der Waals surface area (Å²) in [7, 11) is 0. The SMILES string of the molecule is C=CC1(C)N=C(C)SC1=S. The zero-order valence-corrected chi connectivity index (χ0v) is 7.68. The van der Waals surface area contributed by atoms with Crippen LogP contribution in [0.15, 0.2) is 17.6 Å². The highest BCUT2D eigenvalue weighted by molar-refractivity contribution is 8.33. The number of hydrogen-bond donors (Lipinski definition) is 0. The van der Waals surface area contributed by atoms with Crippen molar-refractivity contribution in [3.05, 3.63) is 12.7 Å². The summed E-state index contributed by atoms with van der Waals surface area (Å²) in [6, 6.07) is 0. The first kappa shape index (κ1) is 7.95. The van der Waals surface area contributed by atoms with E-state index in [-0.39, 0.29) is 5.54 Å². The molecule has 0 aromatic heterocycles. The fourth-order valence-electron chi connectivity index (χ4n) is 0.762. The molecule has 0 fully saturated rings. The van der Waals surface area contributed by atoms with Gasteiger partial charge in [0.1, 0.15) is 5.54 Å². The van der Waals surface area contributed by atoms with Gasteiger partial charge in [0, 0.05) is 0 Å². The molecule has 0 saturated carbocycles. The summed E-state index contributed by atoms with van der Waals surface area (Å²) in [4.78, 5) is 4.34. The molecule has 1 heterocycles. The molecular weight excluding hydrogens is 162 g/mol. The molecule has 0 aromatic rings. The Morgan fingerprint density at radius 1 is 1.80 bits per heavy atom. The maximum Gasteiger partial charge on any atom is 0.118 e. The summed E-state index contributed by atoms with van der Waals surface area (Å²) in [6.07, 6.45) is 1.79. The Morgan fingerprint density at radius 3 is 2.60 bits per heavy atom. The summed E-state index contributed by atoms with van der Waals surface area (Å²) < 4.78 is 0.903. The average Bonchev–Trinajstić information content (AvgIpc) is 2.09. The standard InChI is InChI=1S/C7H9NS2/c1-4-7(3)6(9)10-5(2)8-7/h4H,1H2,2-3H3. The van der Waals surface area contributed by atoms with Gasteiger partial charge in [-0.25, -0.2) is 0 Å². The summed E-state index contributed by atoms with van der Waals surface area (Å²) >= 11 is 6.67. The number of aliphatic imine (C=N–C) groups is 1. The predicted molar refractivity (Wildman–Crippen MR) is 51.9 cm³/mol. The molecule has 1 atom stereocenters. The highest BCUT2D eigenvalue weighted by Crippen LogP contribution is 2.31. The molecule has 1 unspecified atom stereocenters. The second-order valence-electron chi connectivity index (χ2n) is 2.37. The van der Waals surface area contributed by atoms with Crippen LogP contribution in [0.1, 0.15) is 13.8 Å². The number of nitrogens with zero attached hydrogens (tertiary/aromatic N) is 1. The van der Waals surface area contributed by atoms with Crippen molar-refractivity contribution in [2.75, 3.05) is 0 Å². The molecule has 1 aliphatic heterocycles. The van der Waals surface area contributed by atoms with Gasteiger partial charge in [0.25, 0.3) is 0 Å². The van der Waals surface area contributed by atoms with Gasteiger partial charge in [0.05, 0.1) is 9.24 Å². The first-order chi connectivity index (χ1) is 4.58. The van der Waals surface area contributed by atoms with E-state index in [2.05, 4.69) is 11.6 Å². The van der Waals surface area contributed by atoms with Crippen molar-refractivity contribution in [1.29, 1.82) is 0 Å². The molecule has 0 radical (unpaired) electrons. The molecule has 3 heteroatoms. The summed E-state index contributed by atoms with van der Waals surface area (Å²) in [5.41, 5.74) is -0.288. The van der Waals surface area contributed by atoms with Gasteiger partial charge in [-0.15, -0.1) is 6.58 Å². The van der Waals surface area contributed by atoms with Crippen LogP contribution in [0.25, 0.3) is 0 Å². The minimum atomic E-state index is -0.288. The number of thiocarbonyl (C=S) groups is 1. The molecular formula is C7H9NS2. The van der Waals surface area contributed by atoms with Crippen LogP contribution in [0.3, 0.4) is 0 Å². The third kappa shape index (κ3) is 1.16. The lowest BCUT2D eigenvalue weighted by atomic mass is 10.1. The average molecular weight is 171 g/mol. The van der Waals surface area contributed by atoms with Crippen molar-refractivity contribution < 1.29 is 0 Å². The fraction of sp³-hybridized carbons (Fsp3) is 0.429. The van der Waals surface area contributed by atoms with Gasteiger partial charge >= 0.3 is 0 Å². The van der Waals surface area contributed by atoms with Gasteiger partial charge in [-0.1, -0.05) is 30.1 Å². The van der Waals surface area contributed by atoms with Crippen LogP contribution in [0.2, 0.25) is 0 Å². The minimum absolute atomic E-state index is 0.288. The Kier molecular flexibility index (Phi) is 1.97. The van der Waals surface area contributed by atoms with Crippen LogP contribution in [0, 0.1) is 0 Å². The van der Waals surface area contributed by atoms with Gasteiger partial charge < -0.3 is 0 Å². The molecule has 0 saturated heterocycles. The Labute approximate surface area is 70.6 Å². The van der Waals surface area contributed by atoms with Crippen molar-refractivity contribution in [3.63, 3.8) is 0 Å². The van der Waals surface area contributed by atoms with Crippen molar-refractivity contribution >= 4 is 33.2 Å². The second-order valence-corrected chi connectivity index (χ2v) is 4.24. The van der Waals surface area contributed by atoms with E-state index in [1.165, 1.54) is 0 Å². The van der Waals surface area contributed by atoms with Gasteiger partial charge in [-0.05, 0) is 13.8 Å². The van der Waals surface area contributed by atoms with Gasteiger partial charge in [0.15, 0.2) is 0 Å². The van der Waals surface area contributed by atoms with Crippen LogP contribution in [0.4, 0.5) is 0 Å². The van der Waals surface area contributed by atoms with E-state index in [1.807, 2.05) is 13.8 Å². The van der Waals surface area contributed by atoms with Crippen molar-refractivity contribution in [1.82, 2.24) is 0 Å². The summed E-state index contributed by atoms with van der Waals surface area (Å²) in [5, 5.41) is 1.03. The lowest BCUT2D eigenvalue weighted by Gasteiger charge is -2.12. The third-order valence-electron chi connectivity index (χ3n) is 1.44. The molecule has 1 nitrogen and oxygen atoms in total. The number of thioether (sulfide) groups is 1. The lowest BCUT2D eigenvalue weighted by Crippen LogP contribution is -2.22. The van der Waals surface area contributed by atoms with Crippen LogP contribution >= 0.6 is 24.0 Å². The minimum Gasteiger partial charge on any atom is -0.266 e. The molecule has 0 amide bonds. The highest BCUT2D eigenvalue weighted by Gasteiger charge is 2.31. The van der Waals surface area contributed by atoms with Crippen LogP contribution in [-0.2, 0) is 0 Å². The quantitative estimate of drug-likeness (QED) is 0.444. The van der Waals surface area contributed by atoms with Crippen LogP contribution in [0.5, 0.6) is 0 Å². The van der Waals surface area contributed by atoms with E-state index in [0.29, 0.717) is 0 Å². The Balaban J connectivity index is 2.98. The number of rotatable bonds is 1. The maximum atomic E-state index is 5.11. The molecule has 0 N–H and O–H groups in total. The molecule has 0 bridgehead atoms. The zero-order chi connectivity index (χ0) is 7.78. The number of hydrogen-bond acceptors (Lipinski definition) is 3. The van der Waals surface area contributed by atoms with Gasteiger partial charge in [0.2, 0.25) is 0 Å². The second kappa shape index (κ2) is 2.47. The Morgan fingerprint density at radius 2 is 2.40 bits per heavy atom. The zero-order valence-electron chi connectivity index (χ0n) is 6.05. The normalized spacial score (nSPS) is 32.2. The van der Waals surface area contributed by atoms with Crippen molar-refractivity contribution in [2.45, 2.75) is 19.4 Å². The van der Waals surface area contributed by atoms with E-state index < -0.39 is 0 Å². The molecule has 1 aliphatic rings. The predicted octanol–water partition coefficient (Wildman–Crippen LogP) is 2.42. The fourth-order valence-corrected chi connectivity index (χ4v) is 2.09. The molecule has 0 aromatic carbocycles.